The number of rotatable bonds is 6. The molecule has 2 amide bonds. The summed E-state index contributed by atoms with van der Waals surface area (Å²) in [6.45, 7) is -1.34. The minimum Gasteiger partial charge on any atom is -0.486 e. The number of aromatic nitrogens is 1. The van der Waals surface area contributed by atoms with Gasteiger partial charge in [0.05, 0.1) is 0 Å². The van der Waals surface area contributed by atoms with Crippen molar-refractivity contribution in [1.82, 2.24) is 15.6 Å². The van der Waals surface area contributed by atoms with Crippen LogP contribution in [0.25, 0.3) is 0 Å². The van der Waals surface area contributed by atoms with Crippen LogP contribution < -0.4 is 15.4 Å². The summed E-state index contributed by atoms with van der Waals surface area (Å²) in [6, 6.07) is 10.3. The SMILES string of the molecule is CNC(=O)c1[nH]c(C(=O)NCC(F)(F)F)cc1OCc1ccccc1. The zero-order chi connectivity index (χ0) is 18.4. The first-order valence-electron chi connectivity index (χ1n) is 7.27. The van der Waals surface area contributed by atoms with Gasteiger partial charge in [-0.2, -0.15) is 13.2 Å². The van der Waals surface area contributed by atoms with E-state index < -0.39 is 24.5 Å². The van der Waals surface area contributed by atoms with Crippen LogP contribution >= 0.6 is 0 Å². The van der Waals surface area contributed by atoms with Gasteiger partial charge in [0.1, 0.15) is 24.5 Å². The Morgan fingerprint density at radius 1 is 1.16 bits per heavy atom. The Balaban J connectivity index is 2.15. The van der Waals surface area contributed by atoms with Gasteiger partial charge in [0, 0.05) is 13.1 Å². The average Bonchev–Trinajstić information content (AvgIpc) is 3.01. The quantitative estimate of drug-likeness (QED) is 0.743. The lowest BCUT2D eigenvalue weighted by molar-refractivity contribution is -0.123. The van der Waals surface area contributed by atoms with Crippen LogP contribution in [0, 0.1) is 0 Å². The van der Waals surface area contributed by atoms with E-state index in [9.17, 15) is 22.8 Å². The Kier molecular flexibility index (Phi) is 5.68. The molecule has 134 valence electrons. The average molecular weight is 355 g/mol. The molecule has 0 saturated heterocycles. The number of alkyl halides is 3. The van der Waals surface area contributed by atoms with Crippen molar-refractivity contribution < 1.29 is 27.5 Å². The number of carbonyl (C=O) groups is 2. The van der Waals surface area contributed by atoms with E-state index in [-0.39, 0.29) is 23.7 Å². The molecule has 1 heterocycles. The van der Waals surface area contributed by atoms with Gasteiger partial charge < -0.3 is 20.4 Å². The molecule has 9 heteroatoms. The van der Waals surface area contributed by atoms with Crippen LogP contribution in [-0.4, -0.2) is 36.6 Å². The number of amides is 2. The summed E-state index contributed by atoms with van der Waals surface area (Å²) < 4.78 is 42.1. The van der Waals surface area contributed by atoms with Crippen molar-refractivity contribution in [2.24, 2.45) is 0 Å². The summed E-state index contributed by atoms with van der Waals surface area (Å²) >= 11 is 0. The lowest BCUT2D eigenvalue weighted by Crippen LogP contribution is -2.34. The minimum absolute atomic E-state index is 0.0458. The van der Waals surface area contributed by atoms with Crippen molar-refractivity contribution in [3.63, 3.8) is 0 Å². The number of aromatic amines is 1. The topological polar surface area (TPSA) is 83.2 Å². The number of benzene rings is 1. The van der Waals surface area contributed by atoms with Crippen molar-refractivity contribution in [1.29, 1.82) is 0 Å². The maximum absolute atomic E-state index is 12.2. The molecule has 0 aliphatic heterocycles. The first kappa shape index (κ1) is 18.4. The molecule has 3 N–H and O–H groups in total. The number of hydrogen-bond donors (Lipinski definition) is 3. The Morgan fingerprint density at radius 2 is 1.84 bits per heavy atom. The molecule has 0 radical (unpaired) electrons. The third-order valence-electron chi connectivity index (χ3n) is 3.17. The van der Waals surface area contributed by atoms with Crippen LogP contribution in [0.5, 0.6) is 5.75 Å². The zero-order valence-corrected chi connectivity index (χ0v) is 13.2. The molecule has 2 rings (SSSR count). The maximum Gasteiger partial charge on any atom is 0.405 e. The standard InChI is InChI=1S/C16H16F3N3O3/c1-20-15(24)13-12(25-8-10-5-3-2-4-6-10)7-11(22-13)14(23)21-9-16(17,18)19/h2-7,22H,8-9H2,1H3,(H,20,24)(H,21,23). The summed E-state index contributed by atoms with van der Waals surface area (Å²) in [4.78, 5) is 26.2. The number of carbonyl (C=O) groups excluding carboxylic acids is 2. The molecule has 1 aromatic carbocycles. The fourth-order valence-corrected chi connectivity index (χ4v) is 1.98. The second-order valence-corrected chi connectivity index (χ2v) is 5.07. The molecule has 0 atom stereocenters. The van der Waals surface area contributed by atoms with Gasteiger partial charge in [0.25, 0.3) is 11.8 Å². The van der Waals surface area contributed by atoms with Gasteiger partial charge in [0.15, 0.2) is 5.75 Å². The van der Waals surface area contributed by atoms with Crippen molar-refractivity contribution >= 4 is 11.8 Å². The number of hydrogen-bond acceptors (Lipinski definition) is 3. The van der Waals surface area contributed by atoms with Gasteiger partial charge >= 0.3 is 6.18 Å². The van der Waals surface area contributed by atoms with Crippen LogP contribution in [0.15, 0.2) is 36.4 Å². The molecule has 0 fully saturated rings. The van der Waals surface area contributed by atoms with Crippen LogP contribution in [0.1, 0.15) is 26.5 Å². The second kappa shape index (κ2) is 7.73. The lowest BCUT2D eigenvalue weighted by Gasteiger charge is -2.06. The highest BCUT2D eigenvalue weighted by Gasteiger charge is 2.28. The highest BCUT2D eigenvalue weighted by molar-refractivity contribution is 5.99. The molecule has 25 heavy (non-hydrogen) atoms. The van der Waals surface area contributed by atoms with E-state index in [2.05, 4.69) is 10.3 Å². The van der Waals surface area contributed by atoms with E-state index >= 15 is 0 Å². The molecule has 0 saturated carbocycles. The predicted octanol–water partition coefficient (Wildman–Crippen LogP) is 2.25. The molecule has 6 nitrogen and oxygen atoms in total. The zero-order valence-electron chi connectivity index (χ0n) is 13.2. The first-order chi connectivity index (χ1) is 11.8. The van der Waals surface area contributed by atoms with Crippen LogP contribution in [0.4, 0.5) is 13.2 Å². The highest BCUT2D eigenvalue weighted by atomic mass is 19.4. The predicted molar refractivity (Wildman–Crippen MR) is 83.3 cm³/mol. The number of H-pyrrole nitrogens is 1. The maximum atomic E-state index is 12.2. The van der Waals surface area contributed by atoms with E-state index in [4.69, 9.17) is 4.74 Å². The fraction of sp³-hybridized carbons (Fsp3) is 0.250. The lowest BCUT2D eigenvalue weighted by atomic mass is 10.2. The Morgan fingerprint density at radius 3 is 2.44 bits per heavy atom. The Labute approximate surface area is 141 Å². The minimum atomic E-state index is -4.53. The molecule has 0 aliphatic carbocycles. The van der Waals surface area contributed by atoms with Crippen LogP contribution in [0.3, 0.4) is 0 Å². The first-order valence-corrected chi connectivity index (χ1v) is 7.27. The number of nitrogens with one attached hydrogen (secondary N) is 3. The van der Waals surface area contributed by atoms with E-state index in [1.54, 1.807) is 5.32 Å². The van der Waals surface area contributed by atoms with E-state index in [0.29, 0.717) is 0 Å². The van der Waals surface area contributed by atoms with Crippen LogP contribution in [0.2, 0.25) is 0 Å². The monoisotopic (exact) mass is 355 g/mol. The highest BCUT2D eigenvalue weighted by Crippen LogP contribution is 2.22. The number of halogens is 3. The normalized spacial score (nSPS) is 11.0. The Hall–Kier alpha value is -2.97. The molecule has 0 spiro atoms. The van der Waals surface area contributed by atoms with Gasteiger partial charge in [-0.3, -0.25) is 9.59 Å². The van der Waals surface area contributed by atoms with E-state index in [0.717, 1.165) is 5.56 Å². The molecular formula is C16H16F3N3O3. The largest absolute Gasteiger partial charge is 0.486 e. The van der Waals surface area contributed by atoms with E-state index in [1.807, 2.05) is 30.3 Å². The second-order valence-electron chi connectivity index (χ2n) is 5.07. The third-order valence-corrected chi connectivity index (χ3v) is 3.17. The van der Waals surface area contributed by atoms with E-state index in [1.165, 1.54) is 13.1 Å². The van der Waals surface area contributed by atoms with Crippen molar-refractivity contribution in [2.45, 2.75) is 12.8 Å². The molecule has 1 aromatic heterocycles. The van der Waals surface area contributed by atoms with Crippen molar-refractivity contribution in [2.75, 3.05) is 13.6 Å². The van der Waals surface area contributed by atoms with Gasteiger partial charge in [0.2, 0.25) is 0 Å². The molecule has 2 aromatic rings. The van der Waals surface area contributed by atoms with Gasteiger partial charge in [-0.05, 0) is 5.56 Å². The smallest absolute Gasteiger partial charge is 0.405 e. The molecule has 0 bridgehead atoms. The summed E-state index contributed by atoms with van der Waals surface area (Å²) in [5.41, 5.74) is 0.580. The summed E-state index contributed by atoms with van der Waals surface area (Å²) in [7, 11) is 1.38. The van der Waals surface area contributed by atoms with Gasteiger partial charge in [-0.15, -0.1) is 0 Å². The number of ether oxygens (including phenoxy) is 1. The Bertz CT molecular complexity index is 742. The van der Waals surface area contributed by atoms with Crippen molar-refractivity contribution in [3.8, 4) is 5.75 Å². The summed E-state index contributed by atoms with van der Waals surface area (Å²) in [6.07, 6.45) is -4.53. The molecular weight excluding hydrogens is 339 g/mol. The molecule has 0 aliphatic rings. The fourth-order valence-electron chi connectivity index (χ4n) is 1.98. The van der Waals surface area contributed by atoms with Crippen molar-refractivity contribution in [3.05, 3.63) is 53.3 Å². The third kappa shape index (κ3) is 5.27. The molecule has 0 unspecified atom stereocenters. The summed E-state index contributed by atoms with van der Waals surface area (Å²) in [5.74, 6) is -1.48. The summed E-state index contributed by atoms with van der Waals surface area (Å²) in [5, 5.41) is 4.09. The van der Waals surface area contributed by atoms with Crippen LogP contribution in [-0.2, 0) is 6.61 Å². The van der Waals surface area contributed by atoms with Gasteiger partial charge in [-0.1, -0.05) is 30.3 Å². The van der Waals surface area contributed by atoms with Gasteiger partial charge in [-0.25, -0.2) is 0 Å².